The van der Waals surface area contributed by atoms with Crippen LogP contribution in [-0.2, 0) is 6.18 Å². The Morgan fingerprint density at radius 1 is 1.23 bits per heavy atom. The van der Waals surface area contributed by atoms with E-state index in [-0.39, 0.29) is 12.4 Å². The van der Waals surface area contributed by atoms with E-state index in [0.29, 0.717) is 28.6 Å². The molecule has 0 saturated carbocycles. The summed E-state index contributed by atoms with van der Waals surface area (Å²) in [7, 11) is 0. The maximum atomic E-state index is 12.9. The summed E-state index contributed by atoms with van der Waals surface area (Å²) in [6.45, 7) is 0.153. The summed E-state index contributed by atoms with van der Waals surface area (Å²) >= 11 is 0. The molecule has 156 valence electrons. The standard InChI is InChI=1S/C19H15F3N4O4/c20-19(21,22)10-4-5-11-14(6-7-30-16(11)8-10)25-17(27)24-13-2-1-3-15-12(13)9-23-26(15)18(28)29/h1-5,8-9,14H,6-7H2,(H,28,29)(H2,24,25,27). The monoisotopic (exact) mass is 420 g/mol. The van der Waals surface area contributed by atoms with Crippen molar-refractivity contribution in [3.8, 4) is 5.75 Å². The first-order valence-electron chi connectivity index (χ1n) is 8.85. The van der Waals surface area contributed by atoms with Crippen molar-refractivity contribution in [2.75, 3.05) is 11.9 Å². The third-order valence-electron chi connectivity index (χ3n) is 4.73. The predicted molar refractivity (Wildman–Crippen MR) is 99.6 cm³/mol. The fraction of sp³-hybridized carbons (Fsp3) is 0.211. The van der Waals surface area contributed by atoms with Crippen LogP contribution in [0.5, 0.6) is 5.75 Å². The number of carbonyl (C=O) groups is 2. The summed E-state index contributed by atoms with van der Waals surface area (Å²) in [6, 6.07) is 6.72. The first kappa shape index (κ1) is 19.6. The van der Waals surface area contributed by atoms with E-state index in [2.05, 4.69) is 15.7 Å². The van der Waals surface area contributed by atoms with Crippen molar-refractivity contribution in [3.05, 3.63) is 53.7 Å². The van der Waals surface area contributed by atoms with Crippen LogP contribution in [0.15, 0.2) is 42.6 Å². The van der Waals surface area contributed by atoms with Gasteiger partial charge < -0.3 is 20.5 Å². The number of aromatic nitrogens is 2. The van der Waals surface area contributed by atoms with Crippen molar-refractivity contribution >= 4 is 28.7 Å². The summed E-state index contributed by atoms with van der Waals surface area (Å²) in [4.78, 5) is 23.7. The molecule has 1 aliphatic heterocycles. The highest BCUT2D eigenvalue weighted by Crippen LogP contribution is 2.38. The summed E-state index contributed by atoms with van der Waals surface area (Å²) in [5, 5.41) is 18.7. The van der Waals surface area contributed by atoms with Gasteiger partial charge in [0.25, 0.3) is 0 Å². The first-order valence-corrected chi connectivity index (χ1v) is 8.85. The van der Waals surface area contributed by atoms with E-state index in [1.807, 2.05) is 0 Å². The van der Waals surface area contributed by atoms with Crippen molar-refractivity contribution in [2.45, 2.75) is 18.6 Å². The number of ether oxygens (including phenoxy) is 1. The lowest BCUT2D eigenvalue weighted by molar-refractivity contribution is -0.137. The van der Waals surface area contributed by atoms with Crippen LogP contribution in [0.2, 0.25) is 0 Å². The lowest BCUT2D eigenvalue weighted by Crippen LogP contribution is -2.35. The number of hydrogen-bond acceptors (Lipinski definition) is 4. The zero-order valence-corrected chi connectivity index (χ0v) is 15.2. The highest BCUT2D eigenvalue weighted by molar-refractivity contribution is 6.02. The minimum absolute atomic E-state index is 0.0752. The Morgan fingerprint density at radius 2 is 2.03 bits per heavy atom. The smallest absolute Gasteiger partial charge is 0.432 e. The van der Waals surface area contributed by atoms with E-state index in [1.165, 1.54) is 12.3 Å². The number of fused-ring (bicyclic) bond motifs is 2. The topological polar surface area (TPSA) is 105 Å². The van der Waals surface area contributed by atoms with Gasteiger partial charge >= 0.3 is 18.3 Å². The summed E-state index contributed by atoms with van der Waals surface area (Å²) in [5.74, 6) is 0.0752. The molecule has 30 heavy (non-hydrogen) atoms. The molecule has 2 aromatic carbocycles. The Kier molecular flexibility index (Phi) is 4.72. The van der Waals surface area contributed by atoms with Crippen molar-refractivity contribution in [1.29, 1.82) is 0 Å². The average molecular weight is 420 g/mol. The number of amides is 2. The molecule has 3 N–H and O–H groups in total. The van der Waals surface area contributed by atoms with Gasteiger partial charge in [-0.1, -0.05) is 12.1 Å². The van der Waals surface area contributed by atoms with Gasteiger partial charge in [0, 0.05) is 17.4 Å². The van der Waals surface area contributed by atoms with E-state index >= 15 is 0 Å². The minimum atomic E-state index is -4.49. The normalized spacial score (nSPS) is 15.9. The van der Waals surface area contributed by atoms with E-state index < -0.39 is 29.9 Å². The van der Waals surface area contributed by atoms with Gasteiger partial charge in [0.15, 0.2) is 0 Å². The predicted octanol–water partition coefficient (Wildman–Crippen LogP) is 4.23. The summed E-state index contributed by atoms with van der Waals surface area (Å²) < 4.78 is 44.8. The molecule has 1 aromatic heterocycles. The fourth-order valence-electron chi connectivity index (χ4n) is 3.34. The minimum Gasteiger partial charge on any atom is -0.493 e. The molecule has 1 aliphatic rings. The van der Waals surface area contributed by atoms with Gasteiger partial charge in [0.1, 0.15) is 5.75 Å². The summed E-state index contributed by atoms with van der Waals surface area (Å²) in [5.41, 5.74) is 0.267. The molecule has 4 rings (SSSR count). The third-order valence-corrected chi connectivity index (χ3v) is 4.73. The van der Waals surface area contributed by atoms with Gasteiger partial charge in [-0.15, -0.1) is 0 Å². The maximum absolute atomic E-state index is 12.9. The molecule has 8 nitrogen and oxygen atoms in total. The Hall–Kier alpha value is -3.76. The number of hydrogen-bond donors (Lipinski definition) is 3. The molecule has 0 bridgehead atoms. The van der Waals surface area contributed by atoms with Crippen LogP contribution in [0.1, 0.15) is 23.6 Å². The van der Waals surface area contributed by atoms with Gasteiger partial charge in [-0.05, 0) is 24.3 Å². The number of urea groups is 1. The number of benzene rings is 2. The molecule has 0 aliphatic carbocycles. The van der Waals surface area contributed by atoms with Crippen molar-refractivity contribution in [2.24, 2.45) is 0 Å². The van der Waals surface area contributed by atoms with Gasteiger partial charge in [0.05, 0.1) is 35.6 Å². The number of carboxylic acid groups (broad SMARTS) is 1. The molecule has 11 heteroatoms. The van der Waals surface area contributed by atoms with Crippen LogP contribution in [0.3, 0.4) is 0 Å². The molecule has 2 amide bonds. The largest absolute Gasteiger partial charge is 0.493 e. The highest BCUT2D eigenvalue weighted by Gasteiger charge is 2.33. The summed E-state index contributed by atoms with van der Waals surface area (Å²) in [6.07, 6.45) is -4.05. The number of nitrogens with one attached hydrogen (secondary N) is 2. The Balaban J connectivity index is 1.54. The van der Waals surface area contributed by atoms with Gasteiger partial charge in [-0.3, -0.25) is 0 Å². The number of anilines is 1. The fourth-order valence-corrected chi connectivity index (χ4v) is 3.34. The number of halogens is 3. The Morgan fingerprint density at radius 3 is 2.77 bits per heavy atom. The van der Waals surface area contributed by atoms with E-state index in [1.54, 1.807) is 18.2 Å². The molecule has 1 atom stereocenters. The van der Waals surface area contributed by atoms with E-state index in [9.17, 15) is 22.8 Å². The number of rotatable bonds is 2. The van der Waals surface area contributed by atoms with Crippen LogP contribution in [-0.4, -0.2) is 33.6 Å². The van der Waals surface area contributed by atoms with Crippen molar-refractivity contribution in [1.82, 2.24) is 15.1 Å². The molecule has 0 spiro atoms. The zero-order chi connectivity index (χ0) is 21.5. The molecule has 0 radical (unpaired) electrons. The number of carbonyl (C=O) groups excluding carboxylic acids is 1. The quantitative estimate of drug-likeness (QED) is 0.576. The first-order chi connectivity index (χ1) is 14.2. The van der Waals surface area contributed by atoms with Crippen LogP contribution in [0, 0.1) is 0 Å². The molecule has 2 heterocycles. The molecule has 0 fully saturated rings. The maximum Gasteiger partial charge on any atom is 0.432 e. The average Bonchev–Trinajstić information content (AvgIpc) is 3.12. The second-order valence-corrected chi connectivity index (χ2v) is 6.62. The number of nitrogens with zero attached hydrogens (tertiary/aromatic N) is 2. The van der Waals surface area contributed by atoms with Gasteiger partial charge in [-0.25, -0.2) is 9.59 Å². The van der Waals surface area contributed by atoms with Crippen LogP contribution >= 0.6 is 0 Å². The lowest BCUT2D eigenvalue weighted by Gasteiger charge is -2.27. The lowest BCUT2D eigenvalue weighted by atomic mass is 9.98. The van der Waals surface area contributed by atoms with Crippen molar-refractivity contribution < 1.29 is 32.6 Å². The van der Waals surface area contributed by atoms with E-state index in [4.69, 9.17) is 9.84 Å². The number of alkyl halides is 3. The second kappa shape index (κ2) is 7.25. The Bertz CT molecular complexity index is 1140. The Labute approximate surface area is 167 Å². The second-order valence-electron chi connectivity index (χ2n) is 6.62. The van der Waals surface area contributed by atoms with Crippen molar-refractivity contribution in [3.63, 3.8) is 0 Å². The van der Waals surface area contributed by atoms with Crippen LogP contribution < -0.4 is 15.4 Å². The SMILES string of the molecule is O=C(Nc1cccc2c1cnn2C(=O)O)NC1CCOc2cc(C(F)(F)F)ccc21. The van der Waals surface area contributed by atoms with Gasteiger partial charge in [-0.2, -0.15) is 23.0 Å². The van der Waals surface area contributed by atoms with Crippen LogP contribution in [0.25, 0.3) is 10.9 Å². The molecular formula is C19H15F3N4O4. The van der Waals surface area contributed by atoms with E-state index in [0.717, 1.165) is 16.8 Å². The van der Waals surface area contributed by atoms with Gasteiger partial charge in [0.2, 0.25) is 0 Å². The molecule has 1 unspecified atom stereocenters. The highest BCUT2D eigenvalue weighted by atomic mass is 19.4. The third kappa shape index (κ3) is 3.61. The zero-order valence-electron chi connectivity index (χ0n) is 15.2. The van der Waals surface area contributed by atoms with Crippen LogP contribution in [0.4, 0.5) is 28.4 Å². The molecule has 3 aromatic rings. The molecule has 0 saturated heterocycles. The molecular weight excluding hydrogens is 405 g/mol.